The second kappa shape index (κ2) is 11.4. The summed E-state index contributed by atoms with van der Waals surface area (Å²) in [6, 6.07) is 0.442. The summed E-state index contributed by atoms with van der Waals surface area (Å²) in [4.78, 5) is 13.3. The zero-order valence-corrected chi connectivity index (χ0v) is 17.2. The first-order valence-electron chi connectivity index (χ1n) is 10.8. The molecule has 1 aromatic rings. The number of hydrogen-bond donors (Lipinski definition) is 5. The minimum absolute atomic E-state index is 0.442. The minimum Gasteiger partial charge on any atom is -0.388 e. The van der Waals surface area contributed by atoms with Crippen LogP contribution in [0, 0.1) is 0 Å². The highest BCUT2D eigenvalue weighted by atomic mass is 16.5. The molecule has 2 saturated carbocycles. The fourth-order valence-electron chi connectivity index (χ4n) is 3.28. The number of hydrogen-bond acceptors (Lipinski definition) is 10. The zero-order valence-electron chi connectivity index (χ0n) is 17.2. The van der Waals surface area contributed by atoms with Crippen LogP contribution in [0.4, 0.5) is 17.8 Å². The first-order chi connectivity index (χ1) is 14.2. The van der Waals surface area contributed by atoms with E-state index in [0.717, 1.165) is 38.5 Å². The van der Waals surface area contributed by atoms with Crippen molar-refractivity contribution in [3.8, 4) is 0 Å². The summed E-state index contributed by atoms with van der Waals surface area (Å²) < 4.78 is 10.8. The van der Waals surface area contributed by atoms with Crippen LogP contribution in [-0.4, -0.2) is 77.8 Å². The van der Waals surface area contributed by atoms with Gasteiger partial charge in [0.1, 0.15) is 0 Å². The summed E-state index contributed by atoms with van der Waals surface area (Å²) in [5, 5.41) is 20.4. The number of ether oxygens (including phenoxy) is 2. The van der Waals surface area contributed by atoms with Crippen molar-refractivity contribution in [2.24, 2.45) is 5.73 Å². The molecule has 10 heteroatoms. The van der Waals surface area contributed by atoms with Gasteiger partial charge in [0.2, 0.25) is 17.8 Å². The molecule has 2 aliphatic rings. The summed E-state index contributed by atoms with van der Waals surface area (Å²) in [5.74, 6) is 1.52. The Bertz CT molecular complexity index is 609. The van der Waals surface area contributed by atoms with Crippen LogP contribution in [0.15, 0.2) is 0 Å². The Morgan fingerprint density at radius 2 is 1.55 bits per heavy atom. The monoisotopic (exact) mass is 409 g/mol. The summed E-state index contributed by atoms with van der Waals surface area (Å²) >= 11 is 0. The number of nitrogens with one attached hydrogen (secondary N) is 3. The molecule has 1 aromatic heterocycles. The third kappa shape index (κ3) is 8.25. The van der Waals surface area contributed by atoms with E-state index < -0.39 is 5.60 Å². The van der Waals surface area contributed by atoms with Gasteiger partial charge in [0.15, 0.2) is 0 Å². The Hall–Kier alpha value is -1.75. The van der Waals surface area contributed by atoms with Gasteiger partial charge in [-0.25, -0.2) is 0 Å². The molecule has 0 bridgehead atoms. The molecule has 0 unspecified atom stereocenters. The topological polar surface area (TPSA) is 139 Å². The van der Waals surface area contributed by atoms with Crippen LogP contribution in [0.3, 0.4) is 0 Å². The van der Waals surface area contributed by atoms with Gasteiger partial charge in [-0.15, -0.1) is 0 Å². The minimum atomic E-state index is -0.678. The van der Waals surface area contributed by atoms with E-state index in [-0.39, 0.29) is 0 Å². The molecule has 3 rings (SSSR count). The number of nitrogens with zero attached hydrogens (tertiary/aromatic N) is 3. The van der Waals surface area contributed by atoms with E-state index in [1.807, 2.05) is 0 Å². The van der Waals surface area contributed by atoms with Crippen molar-refractivity contribution in [2.75, 3.05) is 62.0 Å². The fraction of sp³-hybridized carbons (Fsp3) is 0.842. The lowest BCUT2D eigenvalue weighted by atomic mass is 9.85. The number of anilines is 3. The van der Waals surface area contributed by atoms with E-state index in [1.165, 1.54) is 6.42 Å². The highest BCUT2D eigenvalue weighted by molar-refractivity contribution is 5.43. The van der Waals surface area contributed by atoms with Crippen LogP contribution in [0.5, 0.6) is 0 Å². The van der Waals surface area contributed by atoms with Gasteiger partial charge in [0, 0.05) is 25.7 Å². The van der Waals surface area contributed by atoms with Gasteiger partial charge in [-0.2, -0.15) is 15.0 Å². The summed E-state index contributed by atoms with van der Waals surface area (Å²) in [6.07, 6.45) is 7.22. The molecule has 10 nitrogen and oxygen atoms in total. The number of aromatic nitrogens is 3. The van der Waals surface area contributed by atoms with Crippen molar-refractivity contribution in [1.29, 1.82) is 0 Å². The van der Waals surface area contributed by atoms with E-state index in [2.05, 4.69) is 30.9 Å². The molecule has 164 valence electrons. The van der Waals surface area contributed by atoms with Gasteiger partial charge < -0.3 is 36.3 Å². The van der Waals surface area contributed by atoms with Crippen molar-refractivity contribution in [2.45, 2.75) is 56.6 Å². The van der Waals surface area contributed by atoms with Crippen LogP contribution < -0.4 is 21.7 Å². The van der Waals surface area contributed by atoms with Gasteiger partial charge in [-0.05, 0) is 25.7 Å². The van der Waals surface area contributed by atoms with E-state index in [4.69, 9.17) is 15.2 Å². The van der Waals surface area contributed by atoms with Crippen LogP contribution in [0.25, 0.3) is 0 Å². The molecular weight excluding hydrogens is 374 g/mol. The predicted molar refractivity (Wildman–Crippen MR) is 112 cm³/mol. The number of nitrogens with two attached hydrogens (primary N) is 1. The second-order valence-corrected chi connectivity index (χ2v) is 7.80. The lowest BCUT2D eigenvalue weighted by Gasteiger charge is -2.32. The second-order valence-electron chi connectivity index (χ2n) is 7.80. The van der Waals surface area contributed by atoms with Crippen LogP contribution >= 0.6 is 0 Å². The molecule has 2 aliphatic carbocycles. The lowest BCUT2D eigenvalue weighted by molar-refractivity contribution is 0.0166. The molecule has 0 spiro atoms. The Labute approximate surface area is 172 Å². The normalized spacial score (nSPS) is 18.4. The SMILES string of the molecule is NCCOCCOCCNc1nc(NCC2(O)CCCCC2)nc(NC2CC2)n1. The third-order valence-corrected chi connectivity index (χ3v) is 5.07. The largest absolute Gasteiger partial charge is 0.388 e. The molecule has 0 aromatic carbocycles. The maximum absolute atomic E-state index is 10.7. The third-order valence-electron chi connectivity index (χ3n) is 5.07. The van der Waals surface area contributed by atoms with E-state index in [0.29, 0.717) is 69.9 Å². The van der Waals surface area contributed by atoms with Crippen LogP contribution in [0.2, 0.25) is 0 Å². The number of aliphatic hydroxyl groups is 1. The van der Waals surface area contributed by atoms with Gasteiger partial charge in [0.05, 0.1) is 32.0 Å². The molecular formula is C19H35N7O3. The highest BCUT2D eigenvalue weighted by Gasteiger charge is 2.29. The van der Waals surface area contributed by atoms with Crippen molar-refractivity contribution < 1.29 is 14.6 Å². The molecule has 0 atom stereocenters. The molecule has 0 amide bonds. The van der Waals surface area contributed by atoms with E-state index >= 15 is 0 Å². The average Bonchev–Trinajstić information content (AvgIpc) is 3.53. The first kappa shape index (κ1) is 21.9. The molecule has 29 heavy (non-hydrogen) atoms. The van der Waals surface area contributed by atoms with Crippen molar-refractivity contribution >= 4 is 17.8 Å². The van der Waals surface area contributed by atoms with Gasteiger partial charge in [0.25, 0.3) is 0 Å². The summed E-state index contributed by atoms with van der Waals surface area (Å²) in [5.41, 5.74) is 4.69. The lowest BCUT2D eigenvalue weighted by Crippen LogP contribution is -2.39. The highest BCUT2D eigenvalue weighted by Crippen LogP contribution is 2.28. The predicted octanol–water partition coefficient (Wildman–Crippen LogP) is 0.957. The summed E-state index contributed by atoms with van der Waals surface area (Å²) in [7, 11) is 0. The molecule has 0 radical (unpaired) electrons. The van der Waals surface area contributed by atoms with Crippen molar-refractivity contribution in [3.63, 3.8) is 0 Å². The Balaban J connectivity index is 1.47. The quantitative estimate of drug-likeness (QED) is 0.282. The Morgan fingerprint density at radius 3 is 2.24 bits per heavy atom. The Morgan fingerprint density at radius 1 is 0.897 bits per heavy atom. The molecule has 2 fully saturated rings. The van der Waals surface area contributed by atoms with Crippen LogP contribution in [-0.2, 0) is 9.47 Å². The van der Waals surface area contributed by atoms with E-state index in [9.17, 15) is 5.11 Å². The Kier molecular flexibility index (Phi) is 8.66. The maximum atomic E-state index is 10.7. The zero-order chi connectivity index (χ0) is 20.4. The molecule has 0 saturated heterocycles. The molecule has 1 heterocycles. The fourth-order valence-corrected chi connectivity index (χ4v) is 3.28. The number of rotatable bonds is 14. The maximum Gasteiger partial charge on any atom is 0.229 e. The van der Waals surface area contributed by atoms with Crippen molar-refractivity contribution in [1.82, 2.24) is 15.0 Å². The summed E-state index contributed by atoms with van der Waals surface area (Å²) in [6.45, 7) is 3.68. The average molecular weight is 410 g/mol. The standard InChI is InChI=1S/C19H35N7O3/c20-8-10-28-12-13-29-11-9-21-16-24-17(26-18(25-16)23-15-4-5-15)22-14-19(27)6-2-1-3-7-19/h15,27H,1-14,20H2,(H3,21,22,23,24,25,26). The first-order valence-corrected chi connectivity index (χ1v) is 10.8. The van der Waals surface area contributed by atoms with Gasteiger partial charge in [-0.3, -0.25) is 0 Å². The van der Waals surface area contributed by atoms with E-state index in [1.54, 1.807) is 0 Å². The smallest absolute Gasteiger partial charge is 0.229 e. The van der Waals surface area contributed by atoms with Gasteiger partial charge >= 0.3 is 0 Å². The van der Waals surface area contributed by atoms with Crippen molar-refractivity contribution in [3.05, 3.63) is 0 Å². The van der Waals surface area contributed by atoms with Crippen LogP contribution in [0.1, 0.15) is 44.9 Å². The molecule has 6 N–H and O–H groups in total. The van der Waals surface area contributed by atoms with Gasteiger partial charge in [-0.1, -0.05) is 19.3 Å². The molecule has 0 aliphatic heterocycles.